The second kappa shape index (κ2) is 11.0. The summed E-state index contributed by atoms with van der Waals surface area (Å²) in [7, 11) is 1.43. The lowest BCUT2D eigenvalue weighted by molar-refractivity contribution is -0.137. The highest BCUT2D eigenvalue weighted by Gasteiger charge is 2.30. The number of hydrogen-bond acceptors (Lipinski definition) is 7. The molecule has 2 heterocycles. The van der Waals surface area contributed by atoms with Crippen LogP contribution >= 0.6 is 34.8 Å². The molecule has 0 saturated heterocycles. The molecule has 7 nitrogen and oxygen atoms in total. The monoisotopic (exact) mass is 523 g/mol. The van der Waals surface area contributed by atoms with E-state index in [1.807, 2.05) is 0 Å². The van der Waals surface area contributed by atoms with Crippen molar-refractivity contribution in [2.75, 3.05) is 20.3 Å². The van der Waals surface area contributed by atoms with E-state index in [4.69, 9.17) is 53.5 Å². The first-order chi connectivity index (χ1) is 15.7. The zero-order chi connectivity index (χ0) is 24.0. The molecule has 0 bridgehead atoms. The molecule has 0 amide bonds. The number of pyridine rings is 1. The molecule has 1 aromatic carbocycles. The van der Waals surface area contributed by atoms with E-state index in [1.54, 1.807) is 12.1 Å². The Bertz CT molecular complexity index is 1120. The summed E-state index contributed by atoms with van der Waals surface area (Å²) >= 11 is 17.4. The van der Waals surface area contributed by atoms with Crippen LogP contribution < -0.4 is 14.2 Å². The van der Waals surface area contributed by atoms with Gasteiger partial charge in [-0.15, -0.1) is 0 Å². The van der Waals surface area contributed by atoms with E-state index in [2.05, 4.69) is 15.1 Å². The van der Waals surface area contributed by atoms with Crippen molar-refractivity contribution in [1.29, 1.82) is 0 Å². The molecule has 0 N–H and O–H groups in total. The molecule has 0 aliphatic carbocycles. The molecule has 176 valence electrons. The van der Waals surface area contributed by atoms with Crippen molar-refractivity contribution in [3.8, 4) is 28.8 Å². The Morgan fingerprint density at radius 2 is 1.97 bits per heavy atom. The van der Waals surface area contributed by atoms with Crippen molar-refractivity contribution in [2.24, 2.45) is 0 Å². The third-order valence-corrected chi connectivity index (χ3v) is 4.64. The average Bonchev–Trinajstić information content (AvgIpc) is 3.21. The number of halogens is 6. The van der Waals surface area contributed by atoms with E-state index in [0.717, 1.165) is 12.1 Å². The van der Waals surface area contributed by atoms with Gasteiger partial charge in [0.1, 0.15) is 22.6 Å². The fourth-order valence-corrected chi connectivity index (χ4v) is 2.98. The Hall–Kier alpha value is -2.69. The lowest BCUT2D eigenvalue weighted by Crippen LogP contribution is -2.07. The third-order valence-electron chi connectivity index (χ3n) is 4.05. The predicted octanol–water partition coefficient (Wildman–Crippen LogP) is 6.13. The van der Waals surface area contributed by atoms with Gasteiger partial charge in [-0.05, 0) is 18.2 Å². The molecule has 33 heavy (non-hydrogen) atoms. The summed E-state index contributed by atoms with van der Waals surface area (Å²) in [5.41, 5.74) is -0.469. The number of rotatable bonds is 9. The van der Waals surface area contributed by atoms with Crippen molar-refractivity contribution in [3.63, 3.8) is 0 Å². The van der Waals surface area contributed by atoms with Gasteiger partial charge in [0.05, 0.1) is 29.9 Å². The molecule has 3 aromatic rings. The zero-order valence-electron chi connectivity index (χ0n) is 16.8. The van der Waals surface area contributed by atoms with E-state index in [0.29, 0.717) is 29.1 Å². The molecular weight excluding hydrogens is 510 g/mol. The molecule has 0 atom stereocenters. The lowest BCUT2D eigenvalue weighted by Gasteiger charge is -2.11. The van der Waals surface area contributed by atoms with Gasteiger partial charge in [-0.3, -0.25) is 0 Å². The number of methoxy groups -OCH3 is 1. The molecule has 2 aromatic heterocycles. The standard InChI is InChI=1S/C20H15Cl3F3N3O4/c1-30-18-13(8-12(9-14(18)21)31-6-4-15(22)23)19-28-16(29-33-19)5-7-32-17-3-2-11(10-27-17)20(24,25)26/h2-4,8-10H,5-7H2,1H3. The van der Waals surface area contributed by atoms with Crippen LogP contribution in [0.4, 0.5) is 13.2 Å². The van der Waals surface area contributed by atoms with Crippen LogP contribution in [0.2, 0.25) is 5.02 Å². The van der Waals surface area contributed by atoms with Crippen LogP contribution in [0.15, 0.2) is 45.6 Å². The maximum atomic E-state index is 12.6. The molecule has 0 aliphatic rings. The Morgan fingerprint density at radius 3 is 2.61 bits per heavy atom. The van der Waals surface area contributed by atoms with Gasteiger partial charge in [0, 0.05) is 24.8 Å². The highest BCUT2D eigenvalue weighted by atomic mass is 35.5. The van der Waals surface area contributed by atoms with E-state index in [1.165, 1.54) is 13.2 Å². The summed E-state index contributed by atoms with van der Waals surface area (Å²) in [6.07, 6.45) is -2.11. The molecule has 0 radical (unpaired) electrons. The van der Waals surface area contributed by atoms with Crippen LogP contribution in [0.3, 0.4) is 0 Å². The minimum Gasteiger partial charge on any atom is -0.494 e. The minimum absolute atomic E-state index is 0.0381. The topological polar surface area (TPSA) is 79.5 Å². The number of nitrogens with zero attached hydrogens (tertiary/aromatic N) is 3. The fraction of sp³-hybridized carbons (Fsp3) is 0.250. The van der Waals surface area contributed by atoms with Gasteiger partial charge in [-0.1, -0.05) is 40.0 Å². The summed E-state index contributed by atoms with van der Waals surface area (Å²) in [5.74, 6) is 1.13. The first kappa shape index (κ1) is 24.9. The highest BCUT2D eigenvalue weighted by Crippen LogP contribution is 2.39. The van der Waals surface area contributed by atoms with Crippen molar-refractivity contribution < 1.29 is 31.9 Å². The maximum absolute atomic E-state index is 12.6. The van der Waals surface area contributed by atoms with Gasteiger partial charge >= 0.3 is 6.18 Å². The Balaban J connectivity index is 1.67. The molecular formula is C20H15Cl3F3N3O4. The Morgan fingerprint density at radius 1 is 1.18 bits per heavy atom. The smallest absolute Gasteiger partial charge is 0.417 e. The predicted molar refractivity (Wildman–Crippen MR) is 115 cm³/mol. The minimum atomic E-state index is -4.47. The molecule has 13 heteroatoms. The number of hydrogen-bond donors (Lipinski definition) is 0. The summed E-state index contributed by atoms with van der Waals surface area (Å²) < 4.78 is 59.3. The second-order valence-electron chi connectivity index (χ2n) is 6.29. The summed E-state index contributed by atoms with van der Waals surface area (Å²) in [4.78, 5) is 7.92. The maximum Gasteiger partial charge on any atom is 0.417 e. The summed E-state index contributed by atoms with van der Waals surface area (Å²) in [5, 5.41) is 4.12. The van der Waals surface area contributed by atoms with Crippen molar-refractivity contribution in [2.45, 2.75) is 12.6 Å². The lowest BCUT2D eigenvalue weighted by atomic mass is 10.2. The van der Waals surface area contributed by atoms with Gasteiger partial charge < -0.3 is 18.7 Å². The Kier molecular flexibility index (Phi) is 8.28. The average molecular weight is 525 g/mol. The largest absolute Gasteiger partial charge is 0.494 e. The molecule has 0 aliphatic heterocycles. The third kappa shape index (κ3) is 6.89. The quantitative estimate of drug-likeness (QED) is 0.333. The van der Waals surface area contributed by atoms with Gasteiger partial charge in [0.15, 0.2) is 5.82 Å². The van der Waals surface area contributed by atoms with Gasteiger partial charge in [0.2, 0.25) is 5.88 Å². The Labute approximate surface area is 201 Å². The first-order valence-electron chi connectivity index (χ1n) is 9.18. The summed E-state index contributed by atoms with van der Waals surface area (Å²) in [6, 6.07) is 5.16. The number of benzene rings is 1. The zero-order valence-corrected chi connectivity index (χ0v) is 19.1. The normalized spacial score (nSPS) is 11.2. The van der Waals surface area contributed by atoms with Gasteiger partial charge in [-0.25, -0.2) is 4.98 Å². The van der Waals surface area contributed by atoms with Gasteiger partial charge in [-0.2, -0.15) is 18.2 Å². The molecule has 0 fully saturated rings. The van der Waals surface area contributed by atoms with Crippen LogP contribution in [0.1, 0.15) is 11.4 Å². The summed E-state index contributed by atoms with van der Waals surface area (Å²) in [6.45, 7) is 0.165. The van der Waals surface area contributed by atoms with E-state index < -0.39 is 11.7 Å². The number of aromatic nitrogens is 3. The van der Waals surface area contributed by atoms with Crippen LogP contribution in [0.5, 0.6) is 17.4 Å². The van der Waals surface area contributed by atoms with Crippen LogP contribution in [-0.2, 0) is 12.6 Å². The van der Waals surface area contributed by atoms with Crippen LogP contribution in [-0.4, -0.2) is 35.4 Å². The van der Waals surface area contributed by atoms with Crippen molar-refractivity contribution in [1.82, 2.24) is 15.1 Å². The van der Waals surface area contributed by atoms with Crippen molar-refractivity contribution >= 4 is 34.8 Å². The molecule has 0 spiro atoms. The van der Waals surface area contributed by atoms with E-state index >= 15 is 0 Å². The highest BCUT2D eigenvalue weighted by molar-refractivity contribution is 6.55. The molecule has 0 unspecified atom stereocenters. The van der Waals surface area contributed by atoms with Crippen LogP contribution in [0, 0.1) is 0 Å². The molecule has 0 saturated carbocycles. The van der Waals surface area contributed by atoms with Gasteiger partial charge in [0.25, 0.3) is 5.89 Å². The number of alkyl halides is 3. The SMILES string of the molecule is COc1c(Cl)cc(OCC=C(Cl)Cl)cc1-c1nc(CCOc2ccc(C(F)(F)F)cn2)no1. The number of ether oxygens (including phenoxy) is 3. The molecule has 3 rings (SSSR count). The van der Waals surface area contributed by atoms with E-state index in [-0.39, 0.29) is 40.9 Å². The fourth-order valence-electron chi connectivity index (χ4n) is 2.56. The van der Waals surface area contributed by atoms with Crippen molar-refractivity contribution in [3.05, 3.63) is 57.4 Å². The van der Waals surface area contributed by atoms with Crippen LogP contribution in [0.25, 0.3) is 11.5 Å². The second-order valence-corrected chi connectivity index (χ2v) is 7.70. The first-order valence-corrected chi connectivity index (χ1v) is 10.3. The van der Waals surface area contributed by atoms with E-state index in [9.17, 15) is 13.2 Å².